The Balaban J connectivity index is 1.65. The third-order valence-electron chi connectivity index (χ3n) is 5.60. The van der Waals surface area contributed by atoms with Gasteiger partial charge in [-0.1, -0.05) is 68.4 Å². The number of hydrogen-bond donors (Lipinski definition) is 2. The van der Waals surface area contributed by atoms with Crippen LogP contribution in [-0.4, -0.2) is 35.7 Å². The summed E-state index contributed by atoms with van der Waals surface area (Å²) < 4.78 is 0. The van der Waals surface area contributed by atoms with Crippen LogP contribution in [0.25, 0.3) is 10.8 Å². The van der Waals surface area contributed by atoms with E-state index in [0.29, 0.717) is 12.2 Å². The molecule has 2 N–H and O–H groups in total. The average Bonchev–Trinajstić information content (AvgIpc) is 2.77. The molecular weight excluding hydrogens is 414 g/mol. The zero-order valence-corrected chi connectivity index (χ0v) is 19.6. The minimum absolute atomic E-state index is 0.0292. The minimum atomic E-state index is -0.665. The predicted octanol–water partition coefficient (Wildman–Crippen LogP) is 4.14. The van der Waals surface area contributed by atoms with Crippen LogP contribution in [0.1, 0.15) is 31.9 Å². The zero-order valence-electron chi connectivity index (χ0n) is 19.6. The van der Waals surface area contributed by atoms with Crippen molar-refractivity contribution in [2.75, 3.05) is 12.4 Å². The van der Waals surface area contributed by atoms with Crippen molar-refractivity contribution in [3.8, 4) is 0 Å². The van der Waals surface area contributed by atoms with E-state index < -0.39 is 6.04 Å². The SMILES string of the molecule is CC(=O)N(C)Cc1cccc(NC(=O)C(NC(=O)Cc2ccc3ccccc3c2)C(C)C)c1. The van der Waals surface area contributed by atoms with Gasteiger partial charge in [0.2, 0.25) is 17.7 Å². The fraction of sp³-hybridized carbons (Fsp3) is 0.296. The van der Waals surface area contributed by atoms with Gasteiger partial charge in [-0.05, 0) is 39.9 Å². The lowest BCUT2D eigenvalue weighted by atomic mass is 10.0. The molecule has 6 heteroatoms. The van der Waals surface area contributed by atoms with Crippen LogP contribution in [0.4, 0.5) is 5.69 Å². The molecule has 0 radical (unpaired) electrons. The molecule has 0 aliphatic carbocycles. The molecule has 1 unspecified atom stereocenters. The summed E-state index contributed by atoms with van der Waals surface area (Å²) in [5, 5.41) is 8.00. The van der Waals surface area contributed by atoms with Crippen molar-refractivity contribution in [3.05, 3.63) is 77.9 Å². The quantitative estimate of drug-likeness (QED) is 0.547. The van der Waals surface area contributed by atoms with Gasteiger partial charge in [-0.2, -0.15) is 0 Å². The van der Waals surface area contributed by atoms with Gasteiger partial charge in [0, 0.05) is 26.2 Å². The second-order valence-electron chi connectivity index (χ2n) is 8.71. The smallest absolute Gasteiger partial charge is 0.247 e. The van der Waals surface area contributed by atoms with Crippen molar-refractivity contribution in [2.24, 2.45) is 5.92 Å². The molecule has 3 aromatic rings. The number of nitrogens with zero attached hydrogens (tertiary/aromatic N) is 1. The van der Waals surface area contributed by atoms with Crippen LogP contribution in [-0.2, 0) is 27.3 Å². The summed E-state index contributed by atoms with van der Waals surface area (Å²) in [6, 6.07) is 20.7. The average molecular weight is 446 g/mol. The molecule has 3 amide bonds. The van der Waals surface area contributed by atoms with Crippen molar-refractivity contribution in [1.82, 2.24) is 10.2 Å². The van der Waals surface area contributed by atoms with E-state index in [-0.39, 0.29) is 30.1 Å². The lowest BCUT2D eigenvalue weighted by Crippen LogP contribution is -2.47. The third-order valence-corrected chi connectivity index (χ3v) is 5.60. The van der Waals surface area contributed by atoms with Crippen LogP contribution >= 0.6 is 0 Å². The maximum absolute atomic E-state index is 13.0. The Hall–Kier alpha value is -3.67. The molecule has 6 nitrogen and oxygen atoms in total. The third kappa shape index (κ3) is 6.65. The lowest BCUT2D eigenvalue weighted by Gasteiger charge is -2.22. The maximum atomic E-state index is 13.0. The summed E-state index contributed by atoms with van der Waals surface area (Å²) in [5.74, 6) is -0.582. The number of hydrogen-bond acceptors (Lipinski definition) is 3. The van der Waals surface area contributed by atoms with Crippen LogP contribution in [0, 0.1) is 5.92 Å². The number of anilines is 1. The van der Waals surface area contributed by atoms with Gasteiger partial charge in [0.25, 0.3) is 0 Å². The Bertz CT molecular complexity index is 1160. The summed E-state index contributed by atoms with van der Waals surface area (Å²) in [7, 11) is 1.73. The zero-order chi connectivity index (χ0) is 24.0. The molecule has 0 bridgehead atoms. The number of rotatable bonds is 8. The molecule has 0 fully saturated rings. The van der Waals surface area contributed by atoms with Gasteiger partial charge in [-0.25, -0.2) is 0 Å². The number of nitrogens with one attached hydrogen (secondary N) is 2. The summed E-state index contributed by atoms with van der Waals surface area (Å²) in [6.07, 6.45) is 0.203. The van der Waals surface area contributed by atoms with Crippen molar-refractivity contribution >= 4 is 34.2 Å². The van der Waals surface area contributed by atoms with E-state index in [1.165, 1.54) is 6.92 Å². The van der Waals surface area contributed by atoms with Crippen LogP contribution < -0.4 is 10.6 Å². The summed E-state index contributed by atoms with van der Waals surface area (Å²) in [6.45, 7) is 5.77. The van der Waals surface area contributed by atoms with Gasteiger partial charge in [-0.3, -0.25) is 14.4 Å². The molecular formula is C27H31N3O3. The first-order valence-corrected chi connectivity index (χ1v) is 11.1. The highest BCUT2D eigenvalue weighted by atomic mass is 16.2. The molecule has 0 aliphatic heterocycles. The van der Waals surface area contributed by atoms with Crippen molar-refractivity contribution in [1.29, 1.82) is 0 Å². The Labute approximate surface area is 195 Å². The predicted molar refractivity (Wildman–Crippen MR) is 132 cm³/mol. The lowest BCUT2D eigenvalue weighted by molar-refractivity contribution is -0.128. The molecule has 172 valence electrons. The van der Waals surface area contributed by atoms with Gasteiger partial charge >= 0.3 is 0 Å². The van der Waals surface area contributed by atoms with Gasteiger partial charge in [-0.15, -0.1) is 0 Å². The van der Waals surface area contributed by atoms with Crippen LogP contribution in [0.5, 0.6) is 0 Å². The number of carbonyl (C=O) groups excluding carboxylic acids is 3. The summed E-state index contributed by atoms with van der Waals surface area (Å²) in [4.78, 5) is 38.8. The Morgan fingerprint density at radius 3 is 2.30 bits per heavy atom. The van der Waals surface area contributed by atoms with Crippen LogP contribution in [0.3, 0.4) is 0 Å². The highest BCUT2D eigenvalue weighted by Crippen LogP contribution is 2.17. The second-order valence-corrected chi connectivity index (χ2v) is 8.71. The Morgan fingerprint density at radius 1 is 0.879 bits per heavy atom. The number of fused-ring (bicyclic) bond motifs is 1. The molecule has 3 aromatic carbocycles. The van der Waals surface area contributed by atoms with Crippen LogP contribution in [0.15, 0.2) is 66.7 Å². The van der Waals surface area contributed by atoms with E-state index in [9.17, 15) is 14.4 Å². The molecule has 0 aliphatic rings. The van der Waals surface area contributed by atoms with Crippen molar-refractivity contribution in [2.45, 2.75) is 39.8 Å². The molecule has 1 atom stereocenters. The van der Waals surface area contributed by atoms with Gasteiger partial charge in [0.1, 0.15) is 6.04 Å². The van der Waals surface area contributed by atoms with E-state index >= 15 is 0 Å². The molecule has 0 saturated carbocycles. The van der Waals surface area contributed by atoms with Gasteiger partial charge < -0.3 is 15.5 Å². The number of benzene rings is 3. The molecule has 33 heavy (non-hydrogen) atoms. The monoisotopic (exact) mass is 445 g/mol. The Kier molecular flexibility index (Phi) is 7.83. The fourth-order valence-corrected chi connectivity index (χ4v) is 3.65. The van der Waals surface area contributed by atoms with E-state index in [1.807, 2.05) is 74.5 Å². The molecule has 0 heterocycles. The van der Waals surface area contributed by atoms with Crippen LogP contribution in [0.2, 0.25) is 0 Å². The number of amides is 3. The molecule has 0 aromatic heterocycles. The normalized spacial score (nSPS) is 11.8. The minimum Gasteiger partial charge on any atom is -0.344 e. The van der Waals surface area contributed by atoms with E-state index in [2.05, 4.69) is 10.6 Å². The summed E-state index contributed by atoms with van der Waals surface area (Å²) >= 11 is 0. The van der Waals surface area contributed by atoms with E-state index in [4.69, 9.17) is 0 Å². The maximum Gasteiger partial charge on any atom is 0.247 e. The first-order chi connectivity index (χ1) is 15.7. The van der Waals surface area contributed by atoms with Gasteiger partial charge in [0.15, 0.2) is 0 Å². The largest absolute Gasteiger partial charge is 0.344 e. The number of carbonyl (C=O) groups is 3. The Morgan fingerprint density at radius 2 is 1.61 bits per heavy atom. The first-order valence-electron chi connectivity index (χ1n) is 11.1. The van der Waals surface area contributed by atoms with E-state index in [0.717, 1.165) is 21.9 Å². The van der Waals surface area contributed by atoms with Gasteiger partial charge in [0.05, 0.1) is 6.42 Å². The summed E-state index contributed by atoms with van der Waals surface area (Å²) in [5.41, 5.74) is 2.44. The van der Waals surface area contributed by atoms with E-state index in [1.54, 1.807) is 18.0 Å². The topological polar surface area (TPSA) is 78.5 Å². The first kappa shape index (κ1) is 24.0. The van der Waals surface area contributed by atoms with Crippen molar-refractivity contribution < 1.29 is 14.4 Å². The fourth-order valence-electron chi connectivity index (χ4n) is 3.65. The molecule has 3 rings (SSSR count). The standard InChI is InChI=1S/C27H31N3O3/c1-18(2)26(27(33)28-24-11-7-8-21(15-24)17-30(4)19(3)31)29-25(32)16-20-12-13-22-9-5-6-10-23(22)14-20/h5-15,18,26H,16-17H2,1-4H3,(H,28,33)(H,29,32). The second kappa shape index (κ2) is 10.8. The highest BCUT2D eigenvalue weighted by molar-refractivity contribution is 5.97. The molecule has 0 spiro atoms. The molecule has 0 saturated heterocycles. The highest BCUT2D eigenvalue weighted by Gasteiger charge is 2.24. The van der Waals surface area contributed by atoms with Crippen molar-refractivity contribution in [3.63, 3.8) is 0 Å².